The summed E-state index contributed by atoms with van der Waals surface area (Å²) in [5.41, 5.74) is 0.869. The van der Waals surface area contributed by atoms with E-state index >= 15 is 0 Å². The van der Waals surface area contributed by atoms with Crippen LogP contribution in [0.2, 0.25) is 0 Å². The maximum absolute atomic E-state index is 14.0. The lowest BCUT2D eigenvalue weighted by Crippen LogP contribution is -2.21. The summed E-state index contributed by atoms with van der Waals surface area (Å²) in [7, 11) is 3.26. The minimum absolute atomic E-state index is 0.0282. The fraction of sp³-hybridized carbons (Fsp3) is 0.130. The summed E-state index contributed by atoms with van der Waals surface area (Å²) in [5.74, 6) is -0.662. The molecule has 0 bridgehead atoms. The lowest BCUT2D eigenvalue weighted by molar-refractivity contribution is -0.385. The van der Waals surface area contributed by atoms with Crippen LogP contribution in [0.4, 0.5) is 10.1 Å². The van der Waals surface area contributed by atoms with E-state index in [4.69, 9.17) is 9.47 Å². The standard InChI is InChI=1S/C23H19FN2O6/c1-25(2)23(28)17-5-7-18(8-6-17)32-22-12-16(3-9-20(22)26(29)30)14-31-21-10-4-15(13-27)11-19(21)24/h3-13H,14H2,1-2H3. The molecule has 0 heterocycles. The van der Waals surface area contributed by atoms with Gasteiger partial charge in [-0.05, 0) is 60.2 Å². The largest absolute Gasteiger partial charge is 0.486 e. The average molecular weight is 438 g/mol. The summed E-state index contributed by atoms with van der Waals surface area (Å²) < 4.78 is 25.1. The molecule has 0 fully saturated rings. The molecule has 0 aromatic heterocycles. The molecule has 164 valence electrons. The van der Waals surface area contributed by atoms with Gasteiger partial charge in [-0.25, -0.2) is 4.39 Å². The topological polar surface area (TPSA) is 99.0 Å². The Morgan fingerprint density at radius 1 is 1.06 bits per heavy atom. The van der Waals surface area contributed by atoms with Crippen LogP contribution in [0.3, 0.4) is 0 Å². The minimum Gasteiger partial charge on any atom is -0.486 e. The van der Waals surface area contributed by atoms with E-state index in [0.29, 0.717) is 23.2 Å². The normalized spacial score (nSPS) is 10.3. The fourth-order valence-electron chi connectivity index (χ4n) is 2.80. The Morgan fingerprint density at radius 3 is 2.38 bits per heavy atom. The number of benzene rings is 3. The molecule has 9 heteroatoms. The Hall–Kier alpha value is -4.27. The van der Waals surface area contributed by atoms with E-state index < -0.39 is 10.7 Å². The van der Waals surface area contributed by atoms with Gasteiger partial charge in [0, 0.05) is 31.3 Å². The monoisotopic (exact) mass is 438 g/mol. The molecule has 0 saturated carbocycles. The van der Waals surface area contributed by atoms with Gasteiger partial charge in [0.1, 0.15) is 18.6 Å². The molecule has 0 N–H and O–H groups in total. The molecule has 3 aromatic rings. The van der Waals surface area contributed by atoms with Crippen molar-refractivity contribution in [1.29, 1.82) is 0 Å². The van der Waals surface area contributed by atoms with Crippen LogP contribution in [0, 0.1) is 15.9 Å². The maximum Gasteiger partial charge on any atom is 0.311 e. The maximum atomic E-state index is 14.0. The molecular weight excluding hydrogens is 419 g/mol. The van der Waals surface area contributed by atoms with Gasteiger partial charge in [0.05, 0.1) is 4.92 Å². The number of hydrogen-bond donors (Lipinski definition) is 0. The molecule has 0 saturated heterocycles. The molecule has 3 rings (SSSR count). The van der Waals surface area contributed by atoms with Gasteiger partial charge in [0.2, 0.25) is 5.75 Å². The van der Waals surface area contributed by atoms with Crippen molar-refractivity contribution in [2.24, 2.45) is 0 Å². The van der Waals surface area contributed by atoms with Crippen molar-refractivity contribution < 1.29 is 28.4 Å². The summed E-state index contributed by atoms with van der Waals surface area (Å²) in [6, 6.07) is 14.2. The molecule has 0 aliphatic heterocycles. The third-order valence-electron chi connectivity index (χ3n) is 4.44. The number of hydrogen-bond acceptors (Lipinski definition) is 6. The molecule has 3 aromatic carbocycles. The number of carbonyl (C=O) groups excluding carboxylic acids is 2. The second kappa shape index (κ2) is 9.69. The number of nitrogens with zero attached hydrogens (tertiary/aromatic N) is 2. The SMILES string of the molecule is CN(C)C(=O)c1ccc(Oc2cc(COc3ccc(C=O)cc3F)ccc2[N+](=O)[O-])cc1. The molecule has 8 nitrogen and oxygen atoms in total. The molecule has 0 spiro atoms. The highest BCUT2D eigenvalue weighted by Gasteiger charge is 2.18. The number of amides is 1. The average Bonchev–Trinajstić information content (AvgIpc) is 2.78. The zero-order chi connectivity index (χ0) is 23.3. The highest BCUT2D eigenvalue weighted by atomic mass is 19.1. The van der Waals surface area contributed by atoms with Gasteiger partial charge in [0.25, 0.3) is 5.91 Å². The number of nitro benzene ring substituents is 1. The molecule has 1 amide bonds. The molecular formula is C23H19FN2O6. The number of nitro groups is 1. The van der Waals surface area contributed by atoms with E-state index in [9.17, 15) is 24.1 Å². The molecule has 0 atom stereocenters. The Bertz CT molecular complexity index is 1160. The quantitative estimate of drug-likeness (QED) is 0.289. The van der Waals surface area contributed by atoms with Crippen LogP contribution in [0.1, 0.15) is 26.3 Å². The summed E-state index contributed by atoms with van der Waals surface area (Å²) in [5, 5.41) is 11.4. The third kappa shape index (κ3) is 5.25. The van der Waals surface area contributed by atoms with Crippen LogP contribution in [0.5, 0.6) is 17.2 Å². The van der Waals surface area contributed by atoms with Gasteiger partial charge in [-0.2, -0.15) is 0 Å². The van der Waals surface area contributed by atoms with Crippen LogP contribution in [0.25, 0.3) is 0 Å². The van der Waals surface area contributed by atoms with Crippen molar-refractivity contribution in [1.82, 2.24) is 4.90 Å². The second-order valence-corrected chi connectivity index (χ2v) is 6.98. The van der Waals surface area contributed by atoms with Gasteiger partial charge in [0.15, 0.2) is 11.6 Å². The van der Waals surface area contributed by atoms with E-state index in [2.05, 4.69) is 0 Å². The smallest absolute Gasteiger partial charge is 0.311 e. The van der Waals surface area contributed by atoms with Gasteiger partial charge in [-0.1, -0.05) is 0 Å². The summed E-state index contributed by atoms with van der Waals surface area (Å²) in [6.45, 7) is -0.0814. The van der Waals surface area contributed by atoms with E-state index in [1.165, 1.54) is 47.4 Å². The molecule has 0 aliphatic rings. The Kier molecular flexibility index (Phi) is 6.79. The fourth-order valence-corrected chi connectivity index (χ4v) is 2.80. The number of carbonyl (C=O) groups is 2. The summed E-state index contributed by atoms with van der Waals surface area (Å²) in [4.78, 5) is 34.9. The van der Waals surface area contributed by atoms with E-state index in [1.807, 2.05) is 0 Å². The highest BCUT2D eigenvalue weighted by molar-refractivity contribution is 5.93. The minimum atomic E-state index is -0.694. The lowest BCUT2D eigenvalue weighted by atomic mass is 10.2. The van der Waals surface area contributed by atoms with E-state index in [0.717, 1.165) is 6.07 Å². The molecule has 0 unspecified atom stereocenters. The first-order valence-corrected chi connectivity index (χ1v) is 9.43. The van der Waals surface area contributed by atoms with Crippen molar-refractivity contribution in [2.45, 2.75) is 6.61 Å². The number of halogens is 1. The Labute approximate surface area is 182 Å². The summed E-state index contributed by atoms with van der Waals surface area (Å²) in [6.07, 6.45) is 0.524. The van der Waals surface area contributed by atoms with Crippen LogP contribution in [0.15, 0.2) is 60.7 Å². The van der Waals surface area contributed by atoms with Gasteiger partial charge < -0.3 is 14.4 Å². The van der Waals surface area contributed by atoms with Crippen LogP contribution >= 0.6 is 0 Å². The summed E-state index contributed by atoms with van der Waals surface area (Å²) >= 11 is 0. The van der Waals surface area contributed by atoms with Crippen molar-refractivity contribution in [3.05, 3.63) is 93.3 Å². The van der Waals surface area contributed by atoms with E-state index in [-0.39, 0.29) is 35.3 Å². The van der Waals surface area contributed by atoms with Crippen LogP contribution in [-0.4, -0.2) is 36.1 Å². The predicted octanol–water partition coefficient (Wildman–Crippen LogP) is 4.62. The Balaban J connectivity index is 1.79. The zero-order valence-electron chi connectivity index (χ0n) is 17.3. The van der Waals surface area contributed by atoms with Crippen molar-refractivity contribution in [3.63, 3.8) is 0 Å². The van der Waals surface area contributed by atoms with Crippen molar-refractivity contribution in [3.8, 4) is 17.2 Å². The number of rotatable bonds is 8. The van der Waals surface area contributed by atoms with Crippen molar-refractivity contribution in [2.75, 3.05) is 14.1 Å². The second-order valence-electron chi connectivity index (χ2n) is 6.98. The molecule has 0 radical (unpaired) electrons. The lowest BCUT2D eigenvalue weighted by Gasteiger charge is -2.12. The number of ether oxygens (including phenoxy) is 2. The van der Waals surface area contributed by atoms with E-state index in [1.54, 1.807) is 26.2 Å². The first-order valence-electron chi connectivity index (χ1n) is 9.43. The van der Waals surface area contributed by atoms with Crippen molar-refractivity contribution >= 4 is 17.9 Å². The molecule has 32 heavy (non-hydrogen) atoms. The highest BCUT2D eigenvalue weighted by Crippen LogP contribution is 2.33. The van der Waals surface area contributed by atoms with Gasteiger partial charge >= 0.3 is 5.69 Å². The third-order valence-corrected chi connectivity index (χ3v) is 4.44. The molecule has 0 aliphatic carbocycles. The van der Waals surface area contributed by atoms with Gasteiger partial charge in [-0.3, -0.25) is 19.7 Å². The first-order chi connectivity index (χ1) is 15.3. The predicted molar refractivity (Wildman–Crippen MR) is 114 cm³/mol. The van der Waals surface area contributed by atoms with Crippen LogP contribution < -0.4 is 9.47 Å². The Morgan fingerprint density at radius 2 is 1.78 bits per heavy atom. The first kappa shape index (κ1) is 22.4. The zero-order valence-corrected chi connectivity index (χ0v) is 17.3. The number of aldehydes is 1. The van der Waals surface area contributed by atoms with Crippen LogP contribution in [-0.2, 0) is 6.61 Å². The van der Waals surface area contributed by atoms with Gasteiger partial charge in [-0.15, -0.1) is 0 Å².